The van der Waals surface area contributed by atoms with E-state index in [-0.39, 0.29) is 17.9 Å². The first kappa shape index (κ1) is 15.5. The van der Waals surface area contributed by atoms with Crippen LogP contribution in [0.15, 0.2) is 4.52 Å². The zero-order valence-electron chi connectivity index (χ0n) is 13.3. The van der Waals surface area contributed by atoms with E-state index < -0.39 is 0 Å². The number of aryl methyl sites for hydroxylation is 1. The molecule has 0 saturated carbocycles. The highest BCUT2D eigenvalue weighted by atomic mass is 16.5. The zero-order chi connectivity index (χ0) is 15.4. The molecule has 2 saturated heterocycles. The number of hydrogen-bond acceptors (Lipinski definition) is 5. The number of likely N-dealkylation sites (tertiary alicyclic amines) is 1. The molecule has 22 heavy (non-hydrogen) atoms. The van der Waals surface area contributed by atoms with Crippen LogP contribution in [0, 0.1) is 0 Å². The number of carbonyl (C=O) groups is 1. The van der Waals surface area contributed by atoms with Crippen molar-refractivity contribution in [2.75, 3.05) is 19.7 Å². The number of unbranched alkanes of at least 4 members (excludes halogenated alkanes) is 1. The second-order valence-corrected chi connectivity index (χ2v) is 6.25. The predicted molar refractivity (Wildman–Crippen MR) is 80.4 cm³/mol. The van der Waals surface area contributed by atoms with E-state index in [0.29, 0.717) is 0 Å². The third-order valence-electron chi connectivity index (χ3n) is 4.60. The van der Waals surface area contributed by atoms with Gasteiger partial charge >= 0.3 is 0 Å². The largest absolute Gasteiger partial charge is 0.368 e. The topological polar surface area (TPSA) is 68.5 Å². The van der Waals surface area contributed by atoms with Crippen molar-refractivity contribution < 1.29 is 14.1 Å². The fraction of sp³-hybridized carbons (Fsp3) is 0.812. The second kappa shape index (κ2) is 7.22. The van der Waals surface area contributed by atoms with E-state index >= 15 is 0 Å². The molecule has 2 fully saturated rings. The van der Waals surface area contributed by atoms with E-state index in [1.54, 1.807) is 0 Å². The summed E-state index contributed by atoms with van der Waals surface area (Å²) in [7, 11) is 0. The van der Waals surface area contributed by atoms with Crippen molar-refractivity contribution in [3.8, 4) is 0 Å². The Morgan fingerprint density at radius 1 is 1.32 bits per heavy atom. The van der Waals surface area contributed by atoms with E-state index in [2.05, 4.69) is 17.1 Å². The molecule has 6 heteroatoms. The first-order chi connectivity index (χ1) is 10.8. The lowest BCUT2D eigenvalue weighted by atomic mass is 9.96. The van der Waals surface area contributed by atoms with Gasteiger partial charge in [-0.05, 0) is 32.1 Å². The molecule has 2 aliphatic heterocycles. The Morgan fingerprint density at radius 2 is 2.14 bits per heavy atom. The number of rotatable bonds is 5. The molecule has 1 atom stereocenters. The van der Waals surface area contributed by atoms with Gasteiger partial charge in [-0.15, -0.1) is 0 Å². The number of nitrogens with zero attached hydrogens (tertiary/aromatic N) is 3. The smallest absolute Gasteiger partial charge is 0.251 e. The minimum absolute atomic E-state index is 0.158. The molecule has 0 aliphatic carbocycles. The Balaban J connectivity index is 1.50. The van der Waals surface area contributed by atoms with Crippen LogP contribution < -0.4 is 0 Å². The molecule has 0 N–H and O–H groups in total. The predicted octanol–water partition coefficient (Wildman–Crippen LogP) is 2.30. The lowest BCUT2D eigenvalue weighted by molar-refractivity contribution is -0.142. The van der Waals surface area contributed by atoms with Crippen LogP contribution in [0.3, 0.4) is 0 Å². The van der Waals surface area contributed by atoms with Crippen LogP contribution in [0.25, 0.3) is 0 Å². The summed E-state index contributed by atoms with van der Waals surface area (Å²) in [6.07, 6.45) is 6.55. The highest BCUT2D eigenvalue weighted by Crippen LogP contribution is 2.28. The van der Waals surface area contributed by atoms with Gasteiger partial charge in [0.25, 0.3) is 5.91 Å². The molecule has 0 aromatic carbocycles. The van der Waals surface area contributed by atoms with Crippen molar-refractivity contribution in [1.29, 1.82) is 0 Å². The number of piperidine rings is 1. The zero-order valence-corrected chi connectivity index (χ0v) is 13.3. The lowest BCUT2D eigenvalue weighted by Gasteiger charge is -2.31. The molecule has 1 aromatic heterocycles. The van der Waals surface area contributed by atoms with Crippen LogP contribution in [-0.2, 0) is 16.0 Å². The first-order valence-electron chi connectivity index (χ1n) is 8.50. The first-order valence-corrected chi connectivity index (χ1v) is 8.50. The van der Waals surface area contributed by atoms with E-state index in [9.17, 15) is 4.79 Å². The molecule has 6 nitrogen and oxygen atoms in total. The summed E-state index contributed by atoms with van der Waals surface area (Å²) in [5.74, 6) is 2.01. The molecule has 1 aromatic rings. The highest BCUT2D eigenvalue weighted by molar-refractivity contribution is 5.81. The van der Waals surface area contributed by atoms with Crippen LogP contribution in [0.2, 0.25) is 0 Å². The maximum atomic E-state index is 12.3. The van der Waals surface area contributed by atoms with E-state index in [0.717, 1.165) is 76.4 Å². The molecule has 2 aliphatic rings. The van der Waals surface area contributed by atoms with Gasteiger partial charge in [-0.25, -0.2) is 0 Å². The molecule has 0 spiro atoms. The number of carbonyl (C=O) groups excluding carboxylic acids is 1. The van der Waals surface area contributed by atoms with Crippen LogP contribution in [0.5, 0.6) is 0 Å². The van der Waals surface area contributed by atoms with Crippen LogP contribution >= 0.6 is 0 Å². The van der Waals surface area contributed by atoms with E-state index in [4.69, 9.17) is 9.26 Å². The van der Waals surface area contributed by atoms with Gasteiger partial charge in [0.2, 0.25) is 5.89 Å². The third kappa shape index (κ3) is 3.48. The van der Waals surface area contributed by atoms with Crippen molar-refractivity contribution >= 4 is 5.91 Å². The minimum Gasteiger partial charge on any atom is -0.368 e. The van der Waals surface area contributed by atoms with Gasteiger partial charge < -0.3 is 14.2 Å². The van der Waals surface area contributed by atoms with Gasteiger partial charge in [-0.3, -0.25) is 4.79 Å². The molecule has 3 heterocycles. The molecular formula is C16H25N3O3. The number of hydrogen-bond donors (Lipinski definition) is 0. The van der Waals surface area contributed by atoms with Crippen molar-refractivity contribution in [3.05, 3.63) is 11.7 Å². The maximum Gasteiger partial charge on any atom is 0.251 e. The van der Waals surface area contributed by atoms with Gasteiger partial charge in [0.05, 0.1) is 0 Å². The average molecular weight is 307 g/mol. The quantitative estimate of drug-likeness (QED) is 0.835. The Labute approximate surface area is 131 Å². The summed E-state index contributed by atoms with van der Waals surface area (Å²) in [5.41, 5.74) is 0. The van der Waals surface area contributed by atoms with E-state index in [1.807, 2.05) is 4.90 Å². The SMILES string of the molecule is CCCCc1noc(C2CCN(C(=O)[C@@H]3CCCO3)CC2)n1. The summed E-state index contributed by atoms with van der Waals surface area (Å²) in [4.78, 5) is 18.8. The lowest BCUT2D eigenvalue weighted by Crippen LogP contribution is -2.43. The van der Waals surface area contributed by atoms with Crippen LogP contribution in [-0.4, -0.2) is 46.7 Å². The Hall–Kier alpha value is -1.43. The van der Waals surface area contributed by atoms with Gasteiger partial charge in [0, 0.05) is 32.0 Å². The maximum absolute atomic E-state index is 12.3. The van der Waals surface area contributed by atoms with Gasteiger partial charge in [0.15, 0.2) is 5.82 Å². The van der Waals surface area contributed by atoms with E-state index in [1.165, 1.54) is 0 Å². The molecule has 122 valence electrons. The van der Waals surface area contributed by atoms with Crippen molar-refractivity contribution in [2.24, 2.45) is 0 Å². The summed E-state index contributed by atoms with van der Waals surface area (Å²) in [6.45, 7) is 4.39. The summed E-state index contributed by atoms with van der Waals surface area (Å²) in [5, 5.41) is 4.06. The highest BCUT2D eigenvalue weighted by Gasteiger charge is 2.32. The van der Waals surface area contributed by atoms with Crippen molar-refractivity contribution in [2.45, 2.75) is 63.9 Å². The standard InChI is InChI=1S/C16H25N3O3/c1-2-3-6-14-17-15(22-18-14)12-7-9-19(10-8-12)16(20)13-5-4-11-21-13/h12-13H,2-11H2,1H3/t13-/m0/s1. The second-order valence-electron chi connectivity index (χ2n) is 6.25. The van der Waals surface area contributed by atoms with Gasteiger partial charge in [-0.1, -0.05) is 18.5 Å². The van der Waals surface area contributed by atoms with Crippen molar-refractivity contribution in [3.63, 3.8) is 0 Å². The molecule has 3 rings (SSSR count). The van der Waals surface area contributed by atoms with Crippen LogP contribution in [0.1, 0.15) is 63.1 Å². The Kier molecular flexibility index (Phi) is 5.08. The molecule has 1 amide bonds. The monoisotopic (exact) mass is 307 g/mol. The number of ether oxygens (including phenoxy) is 1. The molecule has 0 bridgehead atoms. The normalized spacial score (nSPS) is 23.1. The van der Waals surface area contributed by atoms with Gasteiger partial charge in [-0.2, -0.15) is 4.98 Å². The van der Waals surface area contributed by atoms with Crippen molar-refractivity contribution in [1.82, 2.24) is 15.0 Å². The Bertz CT molecular complexity index is 489. The summed E-state index contributed by atoms with van der Waals surface area (Å²) in [6, 6.07) is 0. The third-order valence-corrected chi connectivity index (χ3v) is 4.60. The molecule has 0 unspecified atom stereocenters. The Morgan fingerprint density at radius 3 is 2.82 bits per heavy atom. The van der Waals surface area contributed by atoms with Crippen LogP contribution in [0.4, 0.5) is 0 Å². The molecule has 0 radical (unpaired) electrons. The number of amides is 1. The van der Waals surface area contributed by atoms with Gasteiger partial charge in [0.1, 0.15) is 6.10 Å². The summed E-state index contributed by atoms with van der Waals surface area (Å²) < 4.78 is 10.9. The molecular weight excluding hydrogens is 282 g/mol. The minimum atomic E-state index is -0.208. The number of aromatic nitrogens is 2. The summed E-state index contributed by atoms with van der Waals surface area (Å²) >= 11 is 0. The fourth-order valence-electron chi connectivity index (χ4n) is 3.19. The average Bonchev–Trinajstić information content (AvgIpc) is 3.24. The fourth-order valence-corrected chi connectivity index (χ4v) is 3.19.